The van der Waals surface area contributed by atoms with Crippen molar-refractivity contribution in [2.75, 3.05) is 31.9 Å². The molecule has 1 atom stereocenters. The molecule has 1 N–H and O–H groups in total. The fraction of sp³-hybridized carbons (Fsp3) is 0.941. The molecule has 22 heavy (non-hydrogen) atoms. The normalized spacial score (nSPS) is 23.3. The summed E-state index contributed by atoms with van der Waals surface area (Å²) in [5.41, 5.74) is 0.560. The van der Waals surface area contributed by atoms with Gasteiger partial charge in [0.1, 0.15) is 0 Å². The zero-order valence-corrected chi connectivity index (χ0v) is 15.6. The summed E-state index contributed by atoms with van der Waals surface area (Å²) in [6.45, 7) is 12.0. The van der Waals surface area contributed by atoms with Gasteiger partial charge in [-0.05, 0) is 52.4 Å². The molecule has 1 aliphatic heterocycles. The third kappa shape index (κ3) is 4.46. The number of nitrogens with one attached hydrogen (secondary N) is 1. The van der Waals surface area contributed by atoms with Crippen molar-refractivity contribution in [3.05, 3.63) is 0 Å². The van der Waals surface area contributed by atoms with Crippen molar-refractivity contribution in [1.29, 1.82) is 0 Å². The highest BCUT2D eigenvalue weighted by atomic mass is 32.2. The zero-order valence-electron chi connectivity index (χ0n) is 14.8. The number of hydrogen-bond donors (Lipinski definition) is 1. The van der Waals surface area contributed by atoms with E-state index in [0.29, 0.717) is 17.7 Å². The van der Waals surface area contributed by atoms with Crippen molar-refractivity contribution in [2.45, 2.75) is 64.5 Å². The van der Waals surface area contributed by atoms with Crippen LogP contribution in [0.1, 0.15) is 59.8 Å². The van der Waals surface area contributed by atoms with E-state index in [1.165, 1.54) is 32.1 Å². The standard InChI is InChI=1S/C17H33N3OS/c1-5-18-15(19-11-13-22(21)16(2,3)4)20-12-10-17(14-20)8-6-7-9-17/h5-14H2,1-4H3,(H,18,19). The van der Waals surface area contributed by atoms with E-state index in [1.807, 2.05) is 20.8 Å². The Kier molecular flexibility index (Phi) is 5.92. The Morgan fingerprint density at radius 2 is 1.95 bits per heavy atom. The average Bonchev–Trinajstić information content (AvgIpc) is 3.07. The van der Waals surface area contributed by atoms with Crippen LogP contribution in [0.3, 0.4) is 0 Å². The van der Waals surface area contributed by atoms with E-state index >= 15 is 0 Å². The molecule has 2 fully saturated rings. The van der Waals surface area contributed by atoms with Gasteiger partial charge in [0, 0.05) is 40.9 Å². The predicted molar refractivity (Wildman–Crippen MR) is 95.8 cm³/mol. The second kappa shape index (κ2) is 7.33. The fourth-order valence-electron chi connectivity index (χ4n) is 3.62. The van der Waals surface area contributed by atoms with Crippen LogP contribution < -0.4 is 5.32 Å². The zero-order chi connectivity index (χ0) is 16.2. The minimum absolute atomic E-state index is 0.143. The first-order valence-electron chi connectivity index (χ1n) is 8.78. The smallest absolute Gasteiger partial charge is 0.193 e. The van der Waals surface area contributed by atoms with Gasteiger partial charge in [0.2, 0.25) is 0 Å². The first-order chi connectivity index (χ1) is 10.4. The van der Waals surface area contributed by atoms with Gasteiger partial charge < -0.3 is 10.2 Å². The Morgan fingerprint density at radius 3 is 2.55 bits per heavy atom. The molecular formula is C17H33N3OS. The molecule has 2 rings (SSSR count). The Morgan fingerprint density at radius 1 is 1.27 bits per heavy atom. The molecule has 0 bridgehead atoms. The lowest BCUT2D eigenvalue weighted by atomic mass is 9.86. The molecule has 0 aromatic heterocycles. The van der Waals surface area contributed by atoms with E-state index in [-0.39, 0.29) is 4.75 Å². The summed E-state index contributed by atoms with van der Waals surface area (Å²) in [6, 6.07) is 0. The van der Waals surface area contributed by atoms with Crippen LogP contribution in [-0.2, 0) is 10.8 Å². The predicted octanol–water partition coefficient (Wildman–Crippen LogP) is 2.77. The SMILES string of the molecule is CCNC(=NCCS(=O)C(C)(C)C)N1CCC2(CCCC2)C1. The summed E-state index contributed by atoms with van der Waals surface area (Å²) in [6.07, 6.45) is 6.87. The molecule has 4 nitrogen and oxygen atoms in total. The van der Waals surface area contributed by atoms with Gasteiger partial charge in [-0.15, -0.1) is 0 Å². The molecule has 1 saturated carbocycles. The molecule has 2 aliphatic rings. The Labute approximate surface area is 138 Å². The lowest BCUT2D eigenvalue weighted by molar-refractivity contribution is 0.309. The number of likely N-dealkylation sites (tertiary alicyclic amines) is 1. The van der Waals surface area contributed by atoms with E-state index in [9.17, 15) is 4.21 Å². The molecule has 0 aromatic carbocycles. The molecule has 128 valence electrons. The molecule has 1 saturated heterocycles. The summed E-state index contributed by atoms with van der Waals surface area (Å²) < 4.78 is 12.0. The Balaban J connectivity index is 1.92. The van der Waals surface area contributed by atoms with Crippen LogP contribution in [0.2, 0.25) is 0 Å². The van der Waals surface area contributed by atoms with Gasteiger partial charge in [-0.2, -0.15) is 0 Å². The first-order valence-corrected chi connectivity index (χ1v) is 10.1. The van der Waals surface area contributed by atoms with Gasteiger partial charge in [-0.1, -0.05) is 12.8 Å². The van der Waals surface area contributed by atoms with Gasteiger partial charge >= 0.3 is 0 Å². The van der Waals surface area contributed by atoms with Gasteiger partial charge in [0.05, 0.1) is 6.54 Å². The fourth-order valence-corrected chi connectivity index (χ4v) is 4.48. The van der Waals surface area contributed by atoms with Crippen molar-refractivity contribution < 1.29 is 4.21 Å². The van der Waals surface area contributed by atoms with Gasteiger partial charge in [-0.25, -0.2) is 0 Å². The van der Waals surface area contributed by atoms with Crippen LogP contribution in [0, 0.1) is 5.41 Å². The average molecular weight is 328 g/mol. The number of rotatable bonds is 4. The monoisotopic (exact) mass is 327 g/mol. The maximum atomic E-state index is 12.1. The highest BCUT2D eigenvalue weighted by molar-refractivity contribution is 7.86. The third-order valence-electron chi connectivity index (χ3n) is 4.96. The number of aliphatic imine (C=N–C) groups is 1. The van der Waals surface area contributed by atoms with Crippen molar-refractivity contribution >= 4 is 16.8 Å². The van der Waals surface area contributed by atoms with Crippen molar-refractivity contribution in [1.82, 2.24) is 10.2 Å². The molecule has 0 aromatic rings. The van der Waals surface area contributed by atoms with Crippen LogP contribution in [0.5, 0.6) is 0 Å². The maximum absolute atomic E-state index is 12.1. The quantitative estimate of drug-likeness (QED) is 0.638. The van der Waals surface area contributed by atoms with E-state index in [4.69, 9.17) is 4.99 Å². The Bertz CT molecular complexity index is 422. The van der Waals surface area contributed by atoms with Gasteiger partial charge in [-0.3, -0.25) is 9.20 Å². The van der Waals surface area contributed by atoms with E-state index < -0.39 is 10.8 Å². The topological polar surface area (TPSA) is 44.7 Å². The number of nitrogens with zero attached hydrogens (tertiary/aromatic N) is 2. The number of hydrogen-bond acceptors (Lipinski definition) is 2. The minimum atomic E-state index is -0.821. The molecule has 5 heteroatoms. The molecule has 0 radical (unpaired) electrons. The lowest BCUT2D eigenvalue weighted by Gasteiger charge is -2.26. The summed E-state index contributed by atoms with van der Waals surface area (Å²) in [5, 5.41) is 3.42. The third-order valence-corrected chi connectivity index (χ3v) is 6.88. The van der Waals surface area contributed by atoms with Crippen LogP contribution in [-0.4, -0.2) is 51.7 Å². The minimum Gasteiger partial charge on any atom is -0.357 e. The molecule has 1 spiro atoms. The second-order valence-electron chi connectivity index (χ2n) is 7.78. The van der Waals surface area contributed by atoms with Crippen molar-refractivity contribution in [2.24, 2.45) is 10.4 Å². The van der Waals surface area contributed by atoms with E-state index in [1.54, 1.807) is 0 Å². The second-order valence-corrected chi connectivity index (χ2v) is 10.1. The lowest BCUT2D eigenvalue weighted by Crippen LogP contribution is -2.41. The number of guanidine groups is 1. The molecule has 1 unspecified atom stereocenters. The molecule has 1 heterocycles. The van der Waals surface area contributed by atoms with E-state index in [0.717, 1.165) is 25.6 Å². The first kappa shape index (κ1) is 17.8. The Hall–Kier alpha value is -0.580. The van der Waals surface area contributed by atoms with Crippen LogP contribution in [0.25, 0.3) is 0 Å². The van der Waals surface area contributed by atoms with Crippen LogP contribution in [0.4, 0.5) is 0 Å². The highest BCUT2D eigenvalue weighted by Crippen LogP contribution is 2.45. The van der Waals surface area contributed by atoms with Crippen molar-refractivity contribution in [3.8, 4) is 0 Å². The molecule has 1 aliphatic carbocycles. The van der Waals surface area contributed by atoms with E-state index in [2.05, 4.69) is 17.1 Å². The van der Waals surface area contributed by atoms with Crippen molar-refractivity contribution in [3.63, 3.8) is 0 Å². The maximum Gasteiger partial charge on any atom is 0.193 e. The van der Waals surface area contributed by atoms with Crippen LogP contribution in [0.15, 0.2) is 4.99 Å². The van der Waals surface area contributed by atoms with Gasteiger partial charge in [0.25, 0.3) is 0 Å². The highest BCUT2D eigenvalue weighted by Gasteiger charge is 2.41. The molecular weight excluding hydrogens is 294 g/mol. The largest absolute Gasteiger partial charge is 0.357 e. The summed E-state index contributed by atoms with van der Waals surface area (Å²) in [7, 11) is -0.821. The molecule has 0 amide bonds. The summed E-state index contributed by atoms with van der Waals surface area (Å²) in [4.78, 5) is 7.17. The summed E-state index contributed by atoms with van der Waals surface area (Å²) >= 11 is 0. The summed E-state index contributed by atoms with van der Waals surface area (Å²) in [5.74, 6) is 1.68. The van der Waals surface area contributed by atoms with Gasteiger partial charge in [0.15, 0.2) is 5.96 Å². The van der Waals surface area contributed by atoms with Crippen LogP contribution >= 0.6 is 0 Å².